The Morgan fingerprint density at radius 2 is 1.27 bits per heavy atom. The Balaban J connectivity index is 1.39. The lowest BCUT2D eigenvalue weighted by Gasteiger charge is -2.15. The highest BCUT2D eigenvalue weighted by Gasteiger charge is 2.39. The third-order valence-corrected chi connectivity index (χ3v) is 7.20. The van der Waals surface area contributed by atoms with Crippen LogP contribution in [0.25, 0.3) is 38.6 Å². The lowest BCUT2D eigenvalue weighted by molar-refractivity contribution is 0.0926. The number of anilines is 1. The van der Waals surface area contributed by atoms with Crippen molar-refractivity contribution in [1.29, 1.82) is 0 Å². The van der Waals surface area contributed by atoms with Crippen LogP contribution >= 0.6 is 0 Å². The predicted octanol–water partition coefficient (Wildman–Crippen LogP) is 7.56. The van der Waals surface area contributed by atoms with Crippen molar-refractivity contribution in [2.75, 3.05) is 4.90 Å². The maximum Gasteiger partial charge on any atom is 0.268 e. The van der Waals surface area contributed by atoms with Gasteiger partial charge in [0.25, 0.3) is 11.8 Å². The van der Waals surface area contributed by atoms with E-state index in [4.69, 9.17) is 0 Å². The number of amides is 2. The van der Waals surface area contributed by atoms with Crippen LogP contribution in [0.4, 0.5) is 5.69 Å². The molecule has 1 aliphatic rings. The zero-order valence-electron chi connectivity index (χ0n) is 20.2. The summed E-state index contributed by atoms with van der Waals surface area (Å²) in [4.78, 5) is 28.8. The molecule has 4 heteroatoms. The van der Waals surface area contributed by atoms with E-state index in [0.717, 1.165) is 44.2 Å². The van der Waals surface area contributed by atoms with Gasteiger partial charge in [-0.25, -0.2) is 4.90 Å². The van der Waals surface area contributed by atoms with Crippen molar-refractivity contribution in [3.8, 4) is 16.8 Å². The Labute approximate surface area is 214 Å². The quantitative estimate of drug-likeness (QED) is 0.246. The van der Waals surface area contributed by atoms with E-state index in [1.165, 1.54) is 4.90 Å². The van der Waals surface area contributed by atoms with Crippen LogP contribution in [0.2, 0.25) is 0 Å². The van der Waals surface area contributed by atoms with E-state index >= 15 is 0 Å². The number of para-hydroxylation sites is 1. The molecule has 2 heterocycles. The molecule has 7 rings (SSSR count). The Hall–Kier alpha value is -4.96. The highest BCUT2D eigenvalue weighted by atomic mass is 16.2. The number of fused-ring (bicyclic) bond motifs is 4. The highest BCUT2D eigenvalue weighted by molar-refractivity contribution is 6.35. The standard InChI is InChI=1S/C33H22N2O2/c1-21-14-19-26-25-10-5-6-12-28(25)35(30(26)20-21)29-13-7-11-27-31(29)33(37)34(32(27)36)24-17-15-23(16-18-24)22-8-3-2-4-9-22/h2-20H,1H3. The number of carbonyl (C=O) groups excluding carboxylic acids is 2. The molecule has 0 bridgehead atoms. The summed E-state index contributed by atoms with van der Waals surface area (Å²) >= 11 is 0. The number of aromatic nitrogens is 1. The topological polar surface area (TPSA) is 42.3 Å². The summed E-state index contributed by atoms with van der Waals surface area (Å²) in [6.07, 6.45) is 0. The van der Waals surface area contributed by atoms with Gasteiger partial charge in [0, 0.05) is 10.8 Å². The van der Waals surface area contributed by atoms with Gasteiger partial charge >= 0.3 is 0 Å². The normalized spacial score (nSPS) is 13.1. The molecule has 0 unspecified atom stereocenters. The van der Waals surface area contributed by atoms with Gasteiger partial charge in [-0.1, -0.05) is 78.9 Å². The second kappa shape index (κ2) is 8.04. The first-order chi connectivity index (χ1) is 18.1. The molecule has 0 N–H and O–H groups in total. The summed E-state index contributed by atoms with van der Waals surface area (Å²) in [6, 6.07) is 37.7. The molecule has 0 saturated heterocycles. The van der Waals surface area contributed by atoms with Crippen LogP contribution in [-0.4, -0.2) is 16.4 Å². The van der Waals surface area contributed by atoms with Crippen molar-refractivity contribution < 1.29 is 9.59 Å². The average Bonchev–Trinajstić information content (AvgIpc) is 3.40. The van der Waals surface area contributed by atoms with Crippen LogP contribution in [0.3, 0.4) is 0 Å². The van der Waals surface area contributed by atoms with Gasteiger partial charge in [0.1, 0.15) is 0 Å². The number of aryl methyl sites for hydroxylation is 1. The molecule has 37 heavy (non-hydrogen) atoms. The van der Waals surface area contributed by atoms with Crippen molar-refractivity contribution >= 4 is 39.3 Å². The minimum absolute atomic E-state index is 0.300. The van der Waals surface area contributed by atoms with E-state index in [2.05, 4.69) is 41.8 Å². The molecule has 1 aromatic heterocycles. The fourth-order valence-electron chi connectivity index (χ4n) is 5.46. The molecule has 0 spiro atoms. The van der Waals surface area contributed by atoms with Crippen molar-refractivity contribution in [3.63, 3.8) is 0 Å². The first-order valence-corrected chi connectivity index (χ1v) is 12.3. The van der Waals surface area contributed by atoms with Gasteiger partial charge in [0.15, 0.2) is 0 Å². The summed E-state index contributed by atoms with van der Waals surface area (Å²) in [5.74, 6) is -0.604. The number of nitrogens with zero attached hydrogens (tertiary/aromatic N) is 2. The van der Waals surface area contributed by atoms with E-state index in [0.29, 0.717) is 16.8 Å². The van der Waals surface area contributed by atoms with E-state index in [1.54, 1.807) is 6.07 Å². The van der Waals surface area contributed by atoms with Crippen LogP contribution in [-0.2, 0) is 0 Å². The van der Waals surface area contributed by atoms with Crippen LogP contribution in [0.15, 0.2) is 115 Å². The zero-order chi connectivity index (χ0) is 25.1. The van der Waals surface area contributed by atoms with E-state index in [-0.39, 0.29) is 11.8 Å². The van der Waals surface area contributed by atoms with E-state index < -0.39 is 0 Å². The summed E-state index contributed by atoms with van der Waals surface area (Å²) in [5, 5.41) is 2.23. The Morgan fingerprint density at radius 1 is 0.568 bits per heavy atom. The molecular weight excluding hydrogens is 456 g/mol. The predicted molar refractivity (Wildman–Crippen MR) is 149 cm³/mol. The number of benzene rings is 5. The fourth-order valence-corrected chi connectivity index (χ4v) is 5.46. The number of hydrogen-bond donors (Lipinski definition) is 0. The van der Waals surface area contributed by atoms with Gasteiger partial charge in [-0.3, -0.25) is 9.59 Å². The lowest BCUT2D eigenvalue weighted by atomic mass is 10.1. The van der Waals surface area contributed by atoms with E-state index in [1.807, 2.05) is 78.9 Å². The number of carbonyl (C=O) groups is 2. The van der Waals surface area contributed by atoms with Gasteiger partial charge in [-0.05, 0) is 60.0 Å². The van der Waals surface area contributed by atoms with Crippen molar-refractivity contribution in [2.24, 2.45) is 0 Å². The number of hydrogen-bond acceptors (Lipinski definition) is 2. The smallest absolute Gasteiger partial charge is 0.268 e. The molecule has 176 valence electrons. The van der Waals surface area contributed by atoms with Gasteiger partial charge in [-0.15, -0.1) is 0 Å². The lowest BCUT2D eigenvalue weighted by Crippen LogP contribution is -2.29. The van der Waals surface area contributed by atoms with Crippen molar-refractivity contribution in [3.05, 3.63) is 132 Å². The van der Waals surface area contributed by atoms with Crippen LogP contribution in [0.5, 0.6) is 0 Å². The summed E-state index contributed by atoms with van der Waals surface area (Å²) in [6.45, 7) is 2.06. The zero-order valence-corrected chi connectivity index (χ0v) is 20.2. The van der Waals surface area contributed by atoms with Crippen LogP contribution in [0, 0.1) is 6.92 Å². The fraction of sp³-hybridized carbons (Fsp3) is 0.0303. The molecule has 0 atom stereocenters. The van der Waals surface area contributed by atoms with Crippen LogP contribution in [0.1, 0.15) is 26.3 Å². The Bertz CT molecular complexity index is 1860. The van der Waals surface area contributed by atoms with Gasteiger partial charge < -0.3 is 4.57 Å². The second-order valence-corrected chi connectivity index (χ2v) is 9.43. The van der Waals surface area contributed by atoms with Gasteiger partial charge in [0.2, 0.25) is 0 Å². The number of rotatable bonds is 3. The van der Waals surface area contributed by atoms with Crippen LogP contribution < -0.4 is 4.90 Å². The van der Waals surface area contributed by atoms with E-state index in [9.17, 15) is 9.59 Å². The molecule has 0 saturated carbocycles. The maximum absolute atomic E-state index is 13.9. The number of imide groups is 1. The largest absolute Gasteiger partial charge is 0.308 e. The molecule has 2 amide bonds. The minimum Gasteiger partial charge on any atom is -0.308 e. The van der Waals surface area contributed by atoms with Gasteiger partial charge in [-0.2, -0.15) is 0 Å². The molecular formula is C33H22N2O2. The molecule has 0 aliphatic carbocycles. The minimum atomic E-state index is -0.304. The second-order valence-electron chi connectivity index (χ2n) is 9.43. The monoisotopic (exact) mass is 478 g/mol. The van der Waals surface area contributed by atoms with Crippen molar-refractivity contribution in [1.82, 2.24) is 4.57 Å². The van der Waals surface area contributed by atoms with Crippen molar-refractivity contribution in [2.45, 2.75) is 6.92 Å². The highest BCUT2D eigenvalue weighted by Crippen LogP contribution is 2.38. The SMILES string of the molecule is Cc1ccc2c3ccccc3n(-c3cccc4c3C(=O)N(c3ccc(-c5ccccc5)cc3)C4=O)c2c1. The first-order valence-electron chi connectivity index (χ1n) is 12.3. The molecule has 0 radical (unpaired) electrons. The molecule has 6 aromatic rings. The van der Waals surface area contributed by atoms with Gasteiger partial charge in [0.05, 0.1) is 33.5 Å². The average molecular weight is 479 g/mol. The molecule has 1 aliphatic heterocycles. The third kappa shape index (κ3) is 3.16. The third-order valence-electron chi connectivity index (χ3n) is 7.20. The Kier molecular flexibility index (Phi) is 4.63. The summed E-state index contributed by atoms with van der Waals surface area (Å²) < 4.78 is 2.11. The Morgan fingerprint density at radius 3 is 2.08 bits per heavy atom. The summed E-state index contributed by atoms with van der Waals surface area (Å²) in [5.41, 5.74) is 7.40. The molecule has 0 fully saturated rings. The first kappa shape index (κ1) is 21.3. The molecule has 4 nitrogen and oxygen atoms in total. The summed E-state index contributed by atoms with van der Waals surface area (Å²) in [7, 11) is 0. The maximum atomic E-state index is 13.9. The molecule has 5 aromatic carbocycles.